The van der Waals surface area contributed by atoms with E-state index in [9.17, 15) is 4.79 Å². The van der Waals surface area contributed by atoms with Crippen molar-refractivity contribution in [3.63, 3.8) is 0 Å². The van der Waals surface area contributed by atoms with Crippen molar-refractivity contribution < 1.29 is 4.79 Å². The van der Waals surface area contributed by atoms with Crippen LogP contribution in [0.15, 0.2) is 18.2 Å². The maximum absolute atomic E-state index is 12.0. The third-order valence-electron chi connectivity index (χ3n) is 3.37. The molecular weight excluding hydrogens is 250 g/mol. The number of benzene rings is 1. The van der Waals surface area contributed by atoms with Crippen molar-refractivity contribution in [1.82, 2.24) is 4.90 Å². The summed E-state index contributed by atoms with van der Waals surface area (Å²) in [7, 11) is 1.93. The van der Waals surface area contributed by atoms with Gasteiger partial charge >= 0.3 is 0 Å². The second-order valence-corrected chi connectivity index (χ2v) is 5.15. The van der Waals surface area contributed by atoms with Crippen molar-refractivity contribution >= 4 is 11.6 Å². The van der Waals surface area contributed by atoms with E-state index >= 15 is 0 Å². The maximum atomic E-state index is 12.0. The molecule has 1 rings (SSSR count). The fourth-order valence-corrected chi connectivity index (χ4v) is 1.99. The molecule has 1 aromatic rings. The zero-order valence-electron chi connectivity index (χ0n) is 12.6. The molecule has 0 bridgehead atoms. The van der Waals surface area contributed by atoms with E-state index < -0.39 is 0 Å². The lowest BCUT2D eigenvalue weighted by molar-refractivity contribution is -0.117. The van der Waals surface area contributed by atoms with Crippen LogP contribution in [0, 0.1) is 25.2 Å². The lowest BCUT2D eigenvalue weighted by Gasteiger charge is -2.17. The Balaban J connectivity index is 2.40. The lowest BCUT2D eigenvalue weighted by atomic mass is 10.1. The Kier molecular flexibility index (Phi) is 6.75. The average Bonchev–Trinajstić information content (AvgIpc) is 2.40. The zero-order valence-corrected chi connectivity index (χ0v) is 12.6. The number of anilines is 1. The first kappa shape index (κ1) is 16.2. The van der Waals surface area contributed by atoms with Gasteiger partial charge in [-0.25, -0.2) is 0 Å². The van der Waals surface area contributed by atoms with Gasteiger partial charge in [0, 0.05) is 12.1 Å². The molecule has 1 aromatic carbocycles. The molecule has 1 amide bonds. The van der Waals surface area contributed by atoms with E-state index in [-0.39, 0.29) is 5.91 Å². The lowest BCUT2D eigenvalue weighted by Crippen LogP contribution is -2.31. The molecule has 0 saturated heterocycles. The minimum Gasteiger partial charge on any atom is -0.325 e. The van der Waals surface area contributed by atoms with E-state index in [2.05, 4.69) is 11.4 Å². The normalized spacial score (nSPS) is 10.3. The fourth-order valence-electron chi connectivity index (χ4n) is 1.99. The van der Waals surface area contributed by atoms with Gasteiger partial charge in [0.2, 0.25) is 5.91 Å². The topological polar surface area (TPSA) is 56.1 Å². The number of nitrogens with zero attached hydrogens (tertiary/aromatic N) is 2. The molecule has 0 aliphatic heterocycles. The van der Waals surface area contributed by atoms with Gasteiger partial charge in [0.1, 0.15) is 0 Å². The Bertz CT molecular complexity index is 491. The predicted octanol–water partition coefficient (Wildman–Crippen LogP) is 2.87. The Morgan fingerprint density at radius 2 is 2.10 bits per heavy atom. The van der Waals surface area contributed by atoms with E-state index in [4.69, 9.17) is 5.26 Å². The summed E-state index contributed by atoms with van der Waals surface area (Å²) in [4.78, 5) is 14.0. The zero-order chi connectivity index (χ0) is 15.0. The molecule has 0 aromatic heterocycles. The van der Waals surface area contributed by atoms with Crippen LogP contribution in [0.1, 0.15) is 30.4 Å². The van der Waals surface area contributed by atoms with Gasteiger partial charge < -0.3 is 5.32 Å². The Hall–Kier alpha value is -1.86. The molecule has 0 aliphatic rings. The summed E-state index contributed by atoms with van der Waals surface area (Å²) >= 11 is 0. The van der Waals surface area contributed by atoms with Crippen LogP contribution < -0.4 is 5.32 Å². The van der Waals surface area contributed by atoms with Crippen LogP contribution in [0.5, 0.6) is 0 Å². The van der Waals surface area contributed by atoms with Gasteiger partial charge in [-0.3, -0.25) is 9.69 Å². The van der Waals surface area contributed by atoms with Gasteiger partial charge in [0.25, 0.3) is 0 Å². The number of carbonyl (C=O) groups excluding carboxylic acids is 1. The van der Waals surface area contributed by atoms with Gasteiger partial charge in [0.05, 0.1) is 12.6 Å². The molecule has 0 spiro atoms. The smallest absolute Gasteiger partial charge is 0.238 e. The first-order chi connectivity index (χ1) is 9.54. The van der Waals surface area contributed by atoms with Gasteiger partial charge in [0.15, 0.2) is 0 Å². The SMILES string of the molecule is Cc1cccc(NC(=O)CN(C)CCCCC#N)c1C. The monoisotopic (exact) mass is 273 g/mol. The van der Waals surface area contributed by atoms with E-state index in [1.165, 1.54) is 5.56 Å². The van der Waals surface area contributed by atoms with Gasteiger partial charge in [-0.15, -0.1) is 0 Å². The molecule has 0 aliphatic carbocycles. The Labute approximate surface area is 121 Å². The number of rotatable bonds is 7. The largest absolute Gasteiger partial charge is 0.325 e. The molecular formula is C16H23N3O. The number of unbranched alkanes of at least 4 members (excludes halogenated alkanes) is 2. The molecule has 20 heavy (non-hydrogen) atoms. The molecule has 108 valence electrons. The van der Waals surface area contributed by atoms with Gasteiger partial charge in [-0.1, -0.05) is 12.1 Å². The van der Waals surface area contributed by atoms with E-state index in [0.717, 1.165) is 30.6 Å². The summed E-state index contributed by atoms with van der Waals surface area (Å²) in [6.07, 6.45) is 2.42. The van der Waals surface area contributed by atoms with Crippen LogP contribution >= 0.6 is 0 Å². The summed E-state index contributed by atoms with van der Waals surface area (Å²) in [6, 6.07) is 8.03. The van der Waals surface area contributed by atoms with E-state index in [0.29, 0.717) is 13.0 Å². The number of carbonyl (C=O) groups is 1. The number of hydrogen-bond donors (Lipinski definition) is 1. The van der Waals surface area contributed by atoms with Crippen LogP contribution in [-0.2, 0) is 4.79 Å². The Morgan fingerprint density at radius 1 is 1.35 bits per heavy atom. The molecule has 0 saturated carbocycles. The second-order valence-electron chi connectivity index (χ2n) is 5.15. The summed E-state index contributed by atoms with van der Waals surface area (Å²) in [5.41, 5.74) is 3.16. The van der Waals surface area contributed by atoms with Crippen molar-refractivity contribution in [2.24, 2.45) is 0 Å². The fraction of sp³-hybridized carbons (Fsp3) is 0.500. The third-order valence-corrected chi connectivity index (χ3v) is 3.37. The molecule has 0 unspecified atom stereocenters. The third kappa shape index (κ3) is 5.41. The number of nitriles is 1. The molecule has 4 heteroatoms. The number of aryl methyl sites for hydroxylation is 1. The van der Waals surface area contributed by atoms with Crippen molar-refractivity contribution in [3.05, 3.63) is 29.3 Å². The number of amides is 1. The van der Waals surface area contributed by atoms with Gasteiger partial charge in [-0.2, -0.15) is 5.26 Å². The first-order valence-electron chi connectivity index (χ1n) is 6.96. The van der Waals surface area contributed by atoms with Crippen molar-refractivity contribution in [2.75, 3.05) is 25.5 Å². The van der Waals surface area contributed by atoms with Crippen LogP contribution in [-0.4, -0.2) is 30.9 Å². The van der Waals surface area contributed by atoms with Crippen LogP contribution in [0.2, 0.25) is 0 Å². The van der Waals surface area contributed by atoms with E-state index in [1.54, 1.807) is 0 Å². The molecule has 0 heterocycles. The summed E-state index contributed by atoms with van der Waals surface area (Å²) in [6.45, 7) is 5.25. The predicted molar refractivity (Wildman–Crippen MR) is 81.5 cm³/mol. The molecule has 0 radical (unpaired) electrons. The second kappa shape index (κ2) is 8.34. The molecule has 0 fully saturated rings. The molecule has 4 nitrogen and oxygen atoms in total. The standard InChI is InChI=1S/C16H23N3O/c1-13-8-7-9-15(14(13)2)18-16(20)12-19(3)11-6-4-5-10-17/h7-9H,4-6,11-12H2,1-3H3,(H,18,20). The minimum absolute atomic E-state index is 0.00137. The minimum atomic E-state index is 0.00137. The summed E-state index contributed by atoms with van der Waals surface area (Å²) in [5, 5.41) is 11.4. The van der Waals surface area contributed by atoms with E-state index in [1.807, 2.05) is 44.0 Å². The highest BCUT2D eigenvalue weighted by atomic mass is 16.2. The quantitative estimate of drug-likeness (QED) is 0.777. The highest BCUT2D eigenvalue weighted by molar-refractivity contribution is 5.93. The Morgan fingerprint density at radius 3 is 2.80 bits per heavy atom. The van der Waals surface area contributed by atoms with Crippen LogP contribution in [0.3, 0.4) is 0 Å². The van der Waals surface area contributed by atoms with Crippen molar-refractivity contribution in [1.29, 1.82) is 5.26 Å². The number of likely N-dealkylation sites (N-methyl/N-ethyl adjacent to an activating group) is 1. The highest BCUT2D eigenvalue weighted by Crippen LogP contribution is 2.17. The number of hydrogen-bond acceptors (Lipinski definition) is 3. The van der Waals surface area contributed by atoms with Crippen LogP contribution in [0.25, 0.3) is 0 Å². The van der Waals surface area contributed by atoms with Crippen molar-refractivity contribution in [2.45, 2.75) is 33.1 Å². The summed E-state index contributed by atoms with van der Waals surface area (Å²) < 4.78 is 0. The first-order valence-corrected chi connectivity index (χ1v) is 6.96. The average molecular weight is 273 g/mol. The van der Waals surface area contributed by atoms with Gasteiger partial charge in [-0.05, 0) is 57.5 Å². The maximum Gasteiger partial charge on any atom is 0.238 e. The highest BCUT2D eigenvalue weighted by Gasteiger charge is 2.08. The number of nitrogens with one attached hydrogen (secondary N) is 1. The molecule has 0 atom stereocenters. The molecule has 1 N–H and O–H groups in total. The summed E-state index contributed by atoms with van der Waals surface area (Å²) in [5.74, 6) is 0.00137. The van der Waals surface area contributed by atoms with Crippen molar-refractivity contribution in [3.8, 4) is 6.07 Å². The van der Waals surface area contributed by atoms with Crippen LogP contribution in [0.4, 0.5) is 5.69 Å².